The topological polar surface area (TPSA) is 49.7 Å². The monoisotopic (exact) mass is 220 g/mol. The predicted molar refractivity (Wildman–Crippen MR) is 61.6 cm³/mol. The predicted octanol–water partition coefficient (Wildman–Crippen LogP) is 1.91. The van der Waals surface area contributed by atoms with E-state index in [9.17, 15) is 10.2 Å². The standard InChI is InChI=1S/C13H16O3/c1-7-10(13(15)8(2)14)4-5-11-9(3)16-6-12(7)11/h4-5,8,13-15H,3,6H2,1-2H3. The summed E-state index contributed by atoms with van der Waals surface area (Å²) in [5.74, 6) is 0.677. The van der Waals surface area contributed by atoms with Gasteiger partial charge in [0.2, 0.25) is 0 Å². The van der Waals surface area contributed by atoms with Gasteiger partial charge >= 0.3 is 0 Å². The zero-order valence-corrected chi connectivity index (χ0v) is 9.53. The van der Waals surface area contributed by atoms with E-state index in [4.69, 9.17) is 4.74 Å². The second kappa shape index (κ2) is 3.92. The van der Waals surface area contributed by atoms with Gasteiger partial charge in [-0.3, -0.25) is 0 Å². The molecular weight excluding hydrogens is 204 g/mol. The van der Waals surface area contributed by atoms with Gasteiger partial charge < -0.3 is 14.9 Å². The number of fused-ring (bicyclic) bond motifs is 1. The lowest BCUT2D eigenvalue weighted by molar-refractivity contribution is 0.0301. The molecule has 3 nitrogen and oxygen atoms in total. The van der Waals surface area contributed by atoms with E-state index >= 15 is 0 Å². The normalized spacial score (nSPS) is 17.9. The Morgan fingerprint density at radius 2 is 2.06 bits per heavy atom. The van der Waals surface area contributed by atoms with E-state index in [1.165, 1.54) is 0 Å². The molecule has 1 heterocycles. The van der Waals surface area contributed by atoms with Crippen LogP contribution in [0.3, 0.4) is 0 Å². The number of aliphatic hydroxyl groups is 2. The summed E-state index contributed by atoms with van der Waals surface area (Å²) in [5.41, 5.74) is 3.79. The van der Waals surface area contributed by atoms with E-state index in [-0.39, 0.29) is 0 Å². The van der Waals surface area contributed by atoms with Crippen molar-refractivity contribution in [3.8, 4) is 0 Å². The minimum Gasteiger partial charge on any atom is -0.489 e. The molecule has 0 radical (unpaired) electrons. The van der Waals surface area contributed by atoms with Gasteiger partial charge in [-0.25, -0.2) is 0 Å². The van der Waals surface area contributed by atoms with Crippen LogP contribution in [-0.4, -0.2) is 16.3 Å². The molecule has 2 rings (SSSR count). The Hall–Kier alpha value is -1.32. The van der Waals surface area contributed by atoms with E-state index in [0.29, 0.717) is 12.4 Å². The molecule has 1 aliphatic rings. The van der Waals surface area contributed by atoms with Crippen LogP contribution in [0.4, 0.5) is 0 Å². The Balaban J connectivity index is 2.48. The number of ether oxygens (including phenoxy) is 1. The van der Waals surface area contributed by atoms with Gasteiger partial charge in [0.15, 0.2) is 0 Å². The smallest absolute Gasteiger partial charge is 0.120 e. The summed E-state index contributed by atoms with van der Waals surface area (Å²) in [4.78, 5) is 0. The van der Waals surface area contributed by atoms with Gasteiger partial charge in [0.1, 0.15) is 18.5 Å². The maximum absolute atomic E-state index is 9.86. The second-order valence-corrected chi connectivity index (χ2v) is 4.20. The zero-order chi connectivity index (χ0) is 11.9. The van der Waals surface area contributed by atoms with E-state index < -0.39 is 12.2 Å². The fraction of sp³-hybridized carbons (Fsp3) is 0.385. The third-order valence-electron chi connectivity index (χ3n) is 3.11. The number of aliphatic hydroxyl groups excluding tert-OH is 2. The van der Waals surface area contributed by atoms with Gasteiger partial charge in [-0.05, 0) is 25.0 Å². The molecule has 0 saturated heterocycles. The van der Waals surface area contributed by atoms with E-state index in [2.05, 4.69) is 6.58 Å². The maximum atomic E-state index is 9.86. The molecule has 2 N–H and O–H groups in total. The number of rotatable bonds is 2. The van der Waals surface area contributed by atoms with Crippen LogP contribution >= 0.6 is 0 Å². The molecule has 2 atom stereocenters. The fourth-order valence-electron chi connectivity index (χ4n) is 2.04. The van der Waals surface area contributed by atoms with Crippen molar-refractivity contribution in [2.45, 2.75) is 32.7 Å². The first-order valence-corrected chi connectivity index (χ1v) is 5.33. The molecule has 0 amide bonds. The first-order valence-electron chi connectivity index (χ1n) is 5.33. The van der Waals surface area contributed by atoms with Crippen molar-refractivity contribution in [1.82, 2.24) is 0 Å². The quantitative estimate of drug-likeness (QED) is 0.800. The Morgan fingerprint density at radius 1 is 1.38 bits per heavy atom. The van der Waals surface area contributed by atoms with Crippen molar-refractivity contribution in [1.29, 1.82) is 0 Å². The highest BCUT2D eigenvalue weighted by atomic mass is 16.5. The minimum absolute atomic E-state index is 0.500. The fourth-order valence-corrected chi connectivity index (χ4v) is 2.04. The van der Waals surface area contributed by atoms with Crippen molar-refractivity contribution in [2.75, 3.05) is 0 Å². The van der Waals surface area contributed by atoms with Crippen molar-refractivity contribution in [3.63, 3.8) is 0 Å². The molecule has 3 heteroatoms. The van der Waals surface area contributed by atoms with Gasteiger partial charge in [-0.2, -0.15) is 0 Å². The largest absolute Gasteiger partial charge is 0.489 e. The first kappa shape index (κ1) is 11.2. The highest BCUT2D eigenvalue weighted by molar-refractivity contribution is 5.66. The molecule has 0 saturated carbocycles. The van der Waals surface area contributed by atoms with Crippen LogP contribution in [0.1, 0.15) is 35.3 Å². The number of hydrogen-bond acceptors (Lipinski definition) is 3. The number of hydrogen-bond donors (Lipinski definition) is 2. The molecule has 0 fully saturated rings. The van der Waals surface area contributed by atoms with Gasteiger partial charge in [0.05, 0.1) is 6.10 Å². The molecule has 0 bridgehead atoms. The van der Waals surface area contributed by atoms with Crippen LogP contribution in [0.25, 0.3) is 5.76 Å². The summed E-state index contributed by atoms with van der Waals surface area (Å²) in [6, 6.07) is 3.71. The van der Waals surface area contributed by atoms with Crippen LogP contribution < -0.4 is 0 Å². The summed E-state index contributed by atoms with van der Waals surface area (Å²) in [5, 5.41) is 19.3. The first-order chi connectivity index (χ1) is 7.52. The Labute approximate surface area is 95.0 Å². The molecule has 1 aliphatic heterocycles. The van der Waals surface area contributed by atoms with Crippen LogP contribution in [0.15, 0.2) is 18.7 Å². The minimum atomic E-state index is -0.848. The second-order valence-electron chi connectivity index (χ2n) is 4.20. The Kier molecular flexibility index (Phi) is 2.74. The van der Waals surface area contributed by atoms with Crippen LogP contribution in [0.5, 0.6) is 0 Å². The zero-order valence-electron chi connectivity index (χ0n) is 9.53. The van der Waals surface area contributed by atoms with Crippen LogP contribution in [0, 0.1) is 6.92 Å². The van der Waals surface area contributed by atoms with E-state index in [1.807, 2.05) is 19.1 Å². The lowest BCUT2D eigenvalue weighted by atomic mass is 9.93. The van der Waals surface area contributed by atoms with Gasteiger partial charge in [0, 0.05) is 11.1 Å². The molecule has 0 aromatic heterocycles. The summed E-state index contributed by atoms with van der Waals surface area (Å²) in [6.07, 6.45) is -1.62. The van der Waals surface area contributed by atoms with Gasteiger partial charge in [-0.1, -0.05) is 18.7 Å². The molecule has 1 aromatic carbocycles. The summed E-state index contributed by atoms with van der Waals surface area (Å²) in [7, 11) is 0. The lowest BCUT2D eigenvalue weighted by Gasteiger charge is -2.17. The van der Waals surface area contributed by atoms with Crippen LogP contribution in [0.2, 0.25) is 0 Å². The molecule has 1 aromatic rings. The SMILES string of the molecule is C=C1OCc2c1ccc(C(O)C(C)O)c2C. The molecule has 2 unspecified atom stereocenters. The maximum Gasteiger partial charge on any atom is 0.120 e. The van der Waals surface area contributed by atoms with Crippen molar-refractivity contribution >= 4 is 5.76 Å². The molecular formula is C13H16O3. The number of benzene rings is 1. The molecule has 0 spiro atoms. The lowest BCUT2D eigenvalue weighted by Crippen LogP contribution is -2.15. The average Bonchev–Trinajstić information content (AvgIpc) is 2.61. The van der Waals surface area contributed by atoms with Crippen LogP contribution in [-0.2, 0) is 11.3 Å². The third-order valence-corrected chi connectivity index (χ3v) is 3.11. The van der Waals surface area contributed by atoms with Crippen molar-refractivity contribution in [2.24, 2.45) is 0 Å². The summed E-state index contributed by atoms with van der Waals surface area (Å²) >= 11 is 0. The molecule has 16 heavy (non-hydrogen) atoms. The average molecular weight is 220 g/mol. The van der Waals surface area contributed by atoms with Crippen molar-refractivity contribution in [3.05, 3.63) is 41.0 Å². The summed E-state index contributed by atoms with van der Waals surface area (Å²) in [6.45, 7) is 7.82. The van der Waals surface area contributed by atoms with Crippen molar-refractivity contribution < 1.29 is 14.9 Å². The highest BCUT2D eigenvalue weighted by Gasteiger charge is 2.23. The molecule has 86 valence electrons. The van der Waals surface area contributed by atoms with E-state index in [1.54, 1.807) is 6.92 Å². The Morgan fingerprint density at radius 3 is 2.69 bits per heavy atom. The molecule has 0 aliphatic carbocycles. The highest BCUT2D eigenvalue weighted by Crippen LogP contribution is 2.34. The van der Waals surface area contributed by atoms with Gasteiger partial charge in [0.25, 0.3) is 0 Å². The van der Waals surface area contributed by atoms with E-state index in [0.717, 1.165) is 22.3 Å². The Bertz CT molecular complexity index is 435. The van der Waals surface area contributed by atoms with Gasteiger partial charge in [-0.15, -0.1) is 0 Å². The third kappa shape index (κ3) is 1.62. The summed E-state index contributed by atoms with van der Waals surface area (Å²) < 4.78 is 5.36.